The SMILES string of the molecule is O=C(Cc1ccc(-c2ccc3ncc(N4CCN(c5ccncc5)CC4)nc3c2)cc1)Cc1noc2ccccc12. The zero-order valence-electron chi connectivity index (χ0n) is 22.5. The van der Waals surface area contributed by atoms with Gasteiger partial charge in [0.15, 0.2) is 5.58 Å². The molecule has 8 heteroatoms. The number of rotatable bonds is 7. The van der Waals surface area contributed by atoms with E-state index < -0.39 is 0 Å². The van der Waals surface area contributed by atoms with Crippen molar-refractivity contribution in [1.29, 1.82) is 0 Å². The molecule has 0 aliphatic carbocycles. The van der Waals surface area contributed by atoms with E-state index in [1.165, 1.54) is 5.69 Å². The molecule has 41 heavy (non-hydrogen) atoms. The summed E-state index contributed by atoms with van der Waals surface area (Å²) < 4.78 is 5.34. The normalized spacial score (nSPS) is 13.7. The third-order valence-electron chi connectivity index (χ3n) is 7.67. The highest BCUT2D eigenvalue weighted by Gasteiger charge is 2.19. The van der Waals surface area contributed by atoms with Crippen LogP contribution in [0.1, 0.15) is 11.3 Å². The first-order valence-corrected chi connectivity index (χ1v) is 13.8. The summed E-state index contributed by atoms with van der Waals surface area (Å²) >= 11 is 0. The fourth-order valence-electron chi connectivity index (χ4n) is 5.44. The summed E-state index contributed by atoms with van der Waals surface area (Å²) in [5.41, 5.74) is 7.45. The lowest BCUT2D eigenvalue weighted by atomic mass is 10.00. The van der Waals surface area contributed by atoms with Gasteiger partial charge in [-0.2, -0.15) is 0 Å². The number of carbonyl (C=O) groups is 1. The summed E-state index contributed by atoms with van der Waals surface area (Å²) in [6, 6.07) is 26.1. The number of nitrogens with zero attached hydrogens (tertiary/aromatic N) is 6. The Morgan fingerprint density at radius 1 is 0.780 bits per heavy atom. The molecule has 0 N–H and O–H groups in total. The van der Waals surface area contributed by atoms with Gasteiger partial charge in [0, 0.05) is 56.1 Å². The number of para-hydroxylation sites is 1. The monoisotopic (exact) mass is 540 g/mol. The van der Waals surface area contributed by atoms with E-state index in [0.717, 1.165) is 65.1 Å². The van der Waals surface area contributed by atoms with E-state index in [-0.39, 0.29) is 12.2 Å². The van der Waals surface area contributed by atoms with Crippen LogP contribution in [-0.4, -0.2) is 52.1 Å². The quantitative estimate of drug-likeness (QED) is 0.262. The Hall–Kier alpha value is -5.11. The number of carbonyl (C=O) groups excluding carboxylic acids is 1. The highest BCUT2D eigenvalue weighted by Crippen LogP contribution is 2.26. The number of Topliss-reactive ketones (excluding diaryl/α,β-unsaturated/α-hetero) is 1. The van der Waals surface area contributed by atoms with E-state index in [1.807, 2.05) is 61.1 Å². The van der Waals surface area contributed by atoms with Gasteiger partial charge in [0.2, 0.25) is 0 Å². The molecule has 0 atom stereocenters. The minimum absolute atomic E-state index is 0.104. The zero-order valence-corrected chi connectivity index (χ0v) is 22.5. The van der Waals surface area contributed by atoms with Gasteiger partial charge in [0.1, 0.15) is 11.6 Å². The van der Waals surface area contributed by atoms with Crippen molar-refractivity contribution in [3.05, 3.63) is 109 Å². The Kier molecular flexibility index (Phi) is 6.56. The molecule has 3 aromatic carbocycles. The van der Waals surface area contributed by atoms with Crippen molar-refractivity contribution in [1.82, 2.24) is 20.1 Å². The fourth-order valence-corrected chi connectivity index (χ4v) is 5.44. The number of benzene rings is 3. The summed E-state index contributed by atoms with van der Waals surface area (Å²) in [4.78, 5) is 31.2. The number of ketones is 1. The maximum atomic E-state index is 12.8. The molecule has 6 aromatic rings. The summed E-state index contributed by atoms with van der Waals surface area (Å²) in [6.45, 7) is 3.62. The van der Waals surface area contributed by atoms with Gasteiger partial charge in [-0.1, -0.05) is 47.6 Å². The van der Waals surface area contributed by atoms with Crippen LogP contribution in [0.15, 0.2) is 102 Å². The minimum Gasteiger partial charge on any atom is -0.368 e. The lowest BCUT2D eigenvalue weighted by molar-refractivity contribution is -0.117. The number of anilines is 2. The summed E-state index contributed by atoms with van der Waals surface area (Å²) in [6.07, 6.45) is 6.15. The Bertz CT molecular complexity index is 1830. The Morgan fingerprint density at radius 3 is 2.37 bits per heavy atom. The van der Waals surface area contributed by atoms with E-state index in [2.05, 4.69) is 61.3 Å². The van der Waals surface area contributed by atoms with Gasteiger partial charge >= 0.3 is 0 Å². The minimum atomic E-state index is 0.104. The topological polar surface area (TPSA) is 88.3 Å². The lowest BCUT2D eigenvalue weighted by Gasteiger charge is -2.36. The first-order chi connectivity index (χ1) is 20.2. The Morgan fingerprint density at radius 2 is 1.54 bits per heavy atom. The van der Waals surface area contributed by atoms with Crippen molar-refractivity contribution in [2.24, 2.45) is 0 Å². The van der Waals surface area contributed by atoms with Crippen LogP contribution in [0.3, 0.4) is 0 Å². The average molecular weight is 541 g/mol. The second-order valence-electron chi connectivity index (χ2n) is 10.3. The van der Waals surface area contributed by atoms with Gasteiger partial charge in [-0.3, -0.25) is 14.8 Å². The fraction of sp³-hybridized carbons (Fsp3) is 0.182. The van der Waals surface area contributed by atoms with Crippen molar-refractivity contribution in [3.8, 4) is 11.1 Å². The van der Waals surface area contributed by atoms with Crippen LogP contribution in [0.25, 0.3) is 33.1 Å². The predicted octanol–water partition coefficient (Wildman–Crippen LogP) is 5.51. The highest BCUT2D eigenvalue weighted by atomic mass is 16.5. The van der Waals surface area contributed by atoms with Crippen LogP contribution in [0.4, 0.5) is 11.5 Å². The van der Waals surface area contributed by atoms with Crippen LogP contribution in [0.2, 0.25) is 0 Å². The standard InChI is InChI=1S/C33H28N6O2/c40-27(21-30-28-3-1-2-4-32(28)41-37-30)19-23-5-7-24(8-6-23)25-9-10-29-31(20-25)36-33(22-35-29)39-17-15-38(16-18-39)26-11-13-34-14-12-26/h1-14,20,22H,15-19,21H2. The van der Waals surface area contributed by atoms with E-state index in [9.17, 15) is 4.79 Å². The molecular weight excluding hydrogens is 512 g/mol. The number of hydrogen-bond donors (Lipinski definition) is 0. The highest BCUT2D eigenvalue weighted by molar-refractivity contribution is 5.88. The third kappa shape index (κ3) is 5.24. The van der Waals surface area contributed by atoms with E-state index in [4.69, 9.17) is 9.51 Å². The first-order valence-electron chi connectivity index (χ1n) is 13.8. The molecule has 1 aliphatic rings. The van der Waals surface area contributed by atoms with Gasteiger partial charge in [0.25, 0.3) is 0 Å². The molecule has 0 spiro atoms. The molecule has 8 nitrogen and oxygen atoms in total. The molecule has 202 valence electrons. The molecule has 1 fully saturated rings. The number of hydrogen-bond acceptors (Lipinski definition) is 8. The Labute approximate surface area is 237 Å². The van der Waals surface area contributed by atoms with E-state index in [0.29, 0.717) is 17.7 Å². The van der Waals surface area contributed by atoms with Crippen molar-refractivity contribution in [3.63, 3.8) is 0 Å². The lowest BCUT2D eigenvalue weighted by Crippen LogP contribution is -2.46. The van der Waals surface area contributed by atoms with Gasteiger partial charge < -0.3 is 14.3 Å². The van der Waals surface area contributed by atoms with Crippen molar-refractivity contribution in [2.45, 2.75) is 12.8 Å². The zero-order chi connectivity index (χ0) is 27.6. The van der Waals surface area contributed by atoms with Crippen LogP contribution in [-0.2, 0) is 17.6 Å². The van der Waals surface area contributed by atoms with Crippen LogP contribution in [0.5, 0.6) is 0 Å². The Balaban J connectivity index is 1.03. The van der Waals surface area contributed by atoms with E-state index in [1.54, 1.807) is 0 Å². The van der Waals surface area contributed by atoms with Crippen molar-refractivity contribution < 1.29 is 9.32 Å². The number of piperazine rings is 1. The van der Waals surface area contributed by atoms with Crippen LogP contribution in [0, 0.1) is 0 Å². The maximum Gasteiger partial charge on any atom is 0.167 e. The number of fused-ring (bicyclic) bond motifs is 2. The smallest absolute Gasteiger partial charge is 0.167 e. The maximum absolute atomic E-state index is 12.8. The molecule has 4 heterocycles. The molecule has 0 bridgehead atoms. The average Bonchev–Trinajstić information content (AvgIpc) is 3.44. The second-order valence-corrected chi connectivity index (χ2v) is 10.3. The molecular formula is C33H28N6O2. The summed E-state index contributed by atoms with van der Waals surface area (Å²) in [5, 5.41) is 4.99. The molecule has 7 rings (SSSR count). The van der Waals surface area contributed by atoms with Crippen molar-refractivity contribution in [2.75, 3.05) is 36.0 Å². The van der Waals surface area contributed by atoms with E-state index >= 15 is 0 Å². The van der Waals surface area contributed by atoms with Crippen LogP contribution >= 0.6 is 0 Å². The van der Waals surface area contributed by atoms with Gasteiger partial charge in [0.05, 0.1) is 29.3 Å². The second kappa shape index (κ2) is 10.8. The largest absolute Gasteiger partial charge is 0.368 e. The van der Waals surface area contributed by atoms with Gasteiger partial charge in [-0.05, 0) is 53.1 Å². The van der Waals surface area contributed by atoms with Gasteiger partial charge in [-0.25, -0.2) is 4.98 Å². The molecule has 0 amide bonds. The molecule has 0 saturated carbocycles. The predicted molar refractivity (Wildman–Crippen MR) is 160 cm³/mol. The number of aromatic nitrogens is 4. The van der Waals surface area contributed by atoms with Crippen molar-refractivity contribution >= 4 is 39.3 Å². The molecule has 0 unspecified atom stereocenters. The molecule has 1 aliphatic heterocycles. The molecule has 3 aromatic heterocycles. The molecule has 0 radical (unpaired) electrons. The molecule has 1 saturated heterocycles. The summed E-state index contributed by atoms with van der Waals surface area (Å²) in [7, 11) is 0. The van der Waals surface area contributed by atoms with Crippen LogP contribution < -0.4 is 9.80 Å². The summed E-state index contributed by atoms with van der Waals surface area (Å²) in [5.74, 6) is 1.00. The number of pyridine rings is 1. The van der Waals surface area contributed by atoms with Gasteiger partial charge in [-0.15, -0.1) is 0 Å². The first kappa shape index (κ1) is 24.9. The third-order valence-corrected chi connectivity index (χ3v) is 7.67.